The zero-order valence-electron chi connectivity index (χ0n) is 6.46. The minimum Gasteiger partial charge on any atom is -0.667 e. The van der Waals surface area contributed by atoms with E-state index in [1.807, 2.05) is 0 Å². The van der Waals surface area contributed by atoms with Gasteiger partial charge in [-0.2, -0.15) is 0 Å². The monoisotopic (exact) mass is 183 g/mol. The van der Waals surface area contributed by atoms with Gasteiger partial charge in [0.25, 0.3) is 0 Å². The van der Waals surface area contributed by atoms with Crippen LogP contribution in [0.25, 0.3) is 5.73 Å². The van der Waals surface area contributed by atoms with Gasteiger partial charge in [0, 0.05) is 6.42 Å². The Bertz CT molecular complexity index is 151. The molecule has 0 aromatic heterocycles. The summed E-state index contributed by atoms with van der Waals surface area (Å²) >= 11 is 0. The van der Waals surface area contributed by atoms with Gasteiger partial charge in [-0.05, 0) is 0 Å². The Hall–Kier alpha value is 0.536. The van der Waals surface area contributed by atoms with Crippen molar-refractivity contribution in [1.82, 2.24) is 0 Å². The summed E-state index contributed by atoms with van der Waals surface area (Å²) in [6.07, 6.45) is 0.155. The van der Waals surface area contributed by atoms with Crippen LogP contribution >= 0.6 is 0 Å². The van der Waals surface area contributed by atoms with Gasteiger partial charge in [0.05, 0.1) is 0 Å². The molecule has 5 nitrogen and oxygen atoms in total. The van der Waals surface area contributed by atoms with E-state index in [4.69, 9.17) is 17.2 Å². The van der Waals surface area contributed by atoms with E-state index in [0.29, 0.717) is 0 Å². The van der Waals surface area contributed by atoms with Gasteiger partial charge in [-0.15, -0.1) is 0 Å². The summed E-state index contributed by atoms with van der Waals surface area (Å²) in [7, 11) is 0. The smallest absolute Gasteiger partial charge is 0.667 e. The molecule has 0 heterocycles. The minimum atomic E-state index is -1.01. The third kappa shape index (κ3) is 8.44. The number of primary amides is 2. The Morgan fingerprint density at radius 3 is 2.09 bits per heavy atom. The molecule has 0 aliphatic heterocycles. The molecule has 0 fully saturated rings. The first-order valence-corrected chi connectivity index (χ1v) is 2.82. The predicted octanol–water partition coefficient (Wildman–Crippen LogP) is -3.84. The van der Waals surface area contributed by atoms with Crippen molar-refractivity contribution in [2.24, 2.45) is 11.5 Å². The first-order valence-electron chi connectivity index (χ1n) is 2.82. The van der Waals surface area contributed by atoms with Crippen LogP contribution in [0.3, 0.4) is 0 Å². The molecule has 58 valence electrons. The van der Waals surface area contributed by atoms with Crippen LogP contribution in [0.4, 0.5) is 0 Å². The average molecular weight is 183 g/mol. The number of hydrogen-bond acceptors (Lipinski definition) is 2. The van der Waals surface area contributed by atoms with Crippen LogP contribution in [-0.4, -0.2) is 17.9 Å². The molecule has 0 aromatic rings. The summed E-state index contributed by atoms with van der Waals surface area (Å²) in [4.78, 5) is 20.3. The summed E-state index contributed by atoms with van der Waals surface area (Å²) in [5, 5.41) is 0. The Morgan fingerprint density at radius 1 is 1.36 bits per heavy atom. The maximum absolute atomic E-state index is 10.2. The molecule has 1 atom stereocenters. The Kier molecular flexibility index (Phi) is 9.22. The van der Waals surface area contributed by atoms with E-state index in [-0.39, 0.29) is 64.2 Å². The molecule has 0 rings (SSSR count). The van der Waals surface area contributed by atoms with Crippen LogP contribution in [0.1, 0.15) is 12.8 Å². The topological polar surface area (TPSA) is 110 Å². The second-order valence-corrected chi connectivity index (χ2v) is 1.96. The van der Waals surface area contributed by atoms with Gasteiger partial charge in [0.15, 0.2) is 5.91 Å². The van der Waals surface area contributed by atoms with Gasteiger partial charge in [0.2, 0.25) is 5.91 Å². The van der Waals surface area contributed by atoms with E-state index in [1.165, 1.54) is 0 Å². The molecule has 0 saturated carbocycles. The number of nitrogens with one attached hydrogen (secondary N) is 1. The van der Waals surface area contributed by atoms with Crippen LogP contribution in [0.5, 0.6) is 0 Å². The van der Waals surface area contributed by atoms with Crippen molar-refractivity contribution in [1.29, 1.82) is 0 Å². The molecule has 0 aromatic carbocycles. The Labute approximate surface area is 107 Å². The molecular formula is C5H10KN3O2. The third-order valence-corrected chi connectivity index (χ3v) is 1.02. The van der Waals surface area contributed by atoms with Gasteiger partial charge < -0.3 is 17.2 Å². The fraction of sp³-hybridized carbons (Fsp3) is 0.600. The van der Waals surface area contributed by atoms with E-state index < -0.39 is 17.9 Å². The fourth-order valence-corrected chi connectivity index (χ4v) is 0.429. The molecular weight excluding hydrogens is 173 g/mol. The van der Waals surface area contributed by atoms with Crippen LogP contribution in [0.2, 0.25) is 0 Å². The van der Waals surface area contributed by atoms with E-state index in [2.05, 4.69) is 0 Å². The number of hydrogen-bond donors (Lipinski definition) is 2. The van der Waals surface area contributed by atoms with Crippen LogP contribution < -0.4 is 62.9 Å². The van der Waals surface area contributed by atoms with Gasteiger partial charge >= 0.3 is 51.4 Å². The van der Waals surface area contributed by atoms with Gasteiger partial charge in [0.1, 0.15) is 0 Å². The summed E-state index contributed by atoms with van der Waals surface area (Å²) in [6.45, 7) is 0. The standard InChI is InChI=1S/C5H10N3O2.K/c6-3(5(8)10)1-2-4(7)9;/h3,6H,1-2H2,(H2,7,9)(H2,8,10);/q-1;+1/t3-;/m0./s1. The minimum absolute atomic E-state index is 0. The molecule has 0 aliphatic rings. The Balaban J connectivity index is 0. The first-order chi connectivity index (χ1) is 4.54. The predicted molar refractivity (Wildman–Crippen MR) is 35.7 cm³/mol. The second-order valence-electron chi connectivity index (χ2n) is 1.96. The van der Waals surface area contributed by atoms with Crippen LogP contribution in [-0.2, 0) is 9.59 Å². The van der Waals surface area contributed by atoms with Crippen LogP contribution in [0, 0.1) is 0 Å². The average Bonchev–Trinajstić information content (AvgIpc) is 1.82. The third-order valence-electron chi connectivity index (χ3n) is 1.02. The Morgan fingerprint density at radius 2 is 1.82 bits per heavy atom. The van der Waals surface area contributed by atoms with Gasteiger partial charge in [-0.3, -0.25) is 9.59 Å². The summed E-state index contributed by atoms with van der Waals surface area (Å²) < 4.78 is 0. The van der Waals surface area contributed by atoms with Crippen molar-refractivity contribution >= 4 is 11.8 Å². The molecule has 6 heteroatoms. The fourth-order valence-electron chi connectivity index (χ4n) is 0.429. The van der Waals surface area contributed by atoms with Gasteiger partial charge in [-0.25, -0.2) is 0 Å². The first kappa shape index (κ1) is 14.1. The molecule has 0 radical (unpaired) electrons. The SMILES string of the molecule is [K+].[NH-][C@@H](CCC(N)=O)C(N)=O. The number of carbonyl (C=O) groups excluding carboxylic acids is 2. The van der Waals surface area contributed by atoms with E-state index in [0.717, 1.165) is 0 Å². The number of nitrogens with two attached hydrogens (primary N) is 2. The number of carbonyl (C=O) groups is 2. The normalized spacial score (nSPS) is 11.4. The largest absolute Gasteiger partial charge is 1.00 e. The van der Waals surface area contributed by atoms with Crippen molar-refractivity contribution in [2.75, 3.05) is 0 Å². The molecule has 2 amide bonds. The number of rotatable bonds is 4. The van der Waals surface area contributed by atoms with Crippen molar-refractivity contribution in [3.05, 3.63) is 5.73 Å². The van der Waals surface area contributed by atoms with E-state index >= 15 is 0 Å². The maximum atomic E-state index is 10.2. The quantitative estimate of drug-likeness (QED) is 0.435. The zero-order chi connectivity index (χ0) is 8.15. The second kappa shape index (κ2) is 7.20. The van der Waals surface area contributed by atoms with Crippen LogP contribution in [0.15, 0.2) is 0 Å². The number of amides is 2. The summed E-state index contributed by atoms with van der Waals surface area (Å²) in [5.41, 5.74) is 16.4. The molecule has 0 aliphatic carbocycles. The maximum Gasteiger partial charge on any atom is 1.00 e. The molecule has 0 saturated heterocycles. The molecule has 0 unspecified atom stereocenters. The summed E-state index contributed by atoms with van der Waals surface area (Å²) in [6, 6.07) is -1.01. The van der Waals surface area contributed by atoms with Crippen molar-refractivity contribution in [3.8, 4) is 0 Å². The van der Waals surface area contributed by atoms with Crippen molar-refractivity contribution in [3.63, 3.8) is 0 Å². The molecule has 5 N–H and O–H groups in total. The van der Waals surface area contributed by atoms with Crippen molar-refractivity contribution < 1.29 is 61.0 Å². The van der Waals surface area contributed by atoms with Gasteiger partial charge in [-0.1, -0.05) is 12.5 Å². The summed E-state index contributed by atoms with van der Waals surface area (Å²) in [5.74, 6) is -1.24. The zero-order valence-corrected chi connectivity index (χ0v) is 9.59. The molecule has 0 spiro atoms. The molecule has 11 heavy (non-hydrogen) atoms. The van der Waals surface area contributed by atoms with E-state index in [1.54, 1.807) is 0 Å². The van der Waals surface area contributed by atoms with E-state index in [9.17, 15) is 9.59 Å². The molecule has 0 bridgehead atoms. The van der Waals surface area contributed by atoms with Crippen molar-refractivity contribution in [2.45, 2.75) is 18.9 Å².